The minimum atomic E-state index is -0.743. The van der Waals surface area contributed by atoms with Gasteiger partial charge in [0.2, 0.25) is 0 Å². The zero-order chi connectivity index (χ0) is 31.5. The Labute approximate surface area is 286 Å². The van der Waals surface area contributed by atoms with Crippen molar-refractivity contribution in [2.24, 2.45) is 4.99 Å². The summed E-state index contributed by atoms with van der Waals surface area (Å²) in [7, 11) is 0. The summed E-state index contributed by atoms with van der Waals surface area (Å²) in [5, 5.41) is 1.37. The average molecular weight is 784 g/mol. The Morgan fingerprint density at radius 2 is 1.77 bits per heavy atom. The van der Waals surface area contributed by atoms with E-state index in [0.29, 0.717) is 59.3 Å². The monoisotopic (exact) mass is 782 g/mol. The van der Waals surface area contributed by atoms with E-state index in [4.69, 9.17) is 49.0 Å². The van der Waals surface area contributed by atoms with Gasteiger partial charge in [-0.2, -0.15) is 0 Å². The highest BCUT2D eigenvalue weighted by Gasteiger charge is 2.33. The summed E-state index contributed by atoms with van der Waals surface area (Å²) in [4.78, 5) is 32.4. The molecule has 4 aromatic rings. The topological polar surface area (TPSA) is 79.1 Å². The minimum Gasteiger partial charge on any atom is -0.494 e. The molecule has 0 amide bonds. The molecular formula is C32H26Cl3IN2O5S. The standard InChI is InChI=1S/C32H26Cl3IN2O5S/c1-4-41-22-9-7-19(8-10-22)28-27(31(40)42-5-2)17(3)37-32-38(28)30(39)26(44-32)14-20-13-21(33)15-25(36)29(20)43-16-18-6-11-23(34)24(35)12-18/h6-15,28H,4-5,16H2,1-3H3/b26-14-/t28-/m0/s1. The second-order valence-electron chi connectivity index (χ2n) is 9.65. The quantitative estimate of drug-likeness (QED) is 0.131. The van der Waals surface area contributed by atoms with Gasteiger partial charge in [0, 0.05) is 10.6 Å². The molecule has 1 aliphatic rings. The molecule has 0 aliphatic carbocycles. The third-order valence-electron chi connectivity index (χ3n) is 6.71. The maximum atomic E-state index is 14.1. The number of fused-ring (bicyclic) bond motifs is 1. The smallest absolute Gasteiger partial charge is 0.338 e. The van der Waals surface area contributed by atoms with Crippen LogP contribution in [0.1, 0.15) is 43.5 Å². The van der Waals surface area contributed by atoms with Gasteiger partial charge in [-0.3, -0.25) is 9.36 Å². The molecule has 1 atom stereocenters. The van der Waals surface area contributed by atoms with Crippen LogP contribution in [0.2, 0.25) is 15.1 Å². The predicted molar refractivity (Wildman–Crippen MR) is 183 cm³/mol. The van der Waals surface area contributed by atoms with E-state index in [1.54, 1.807) is 44.2 Å². The predicted octanol–water partition coefficient (Wildman–Crippen LogP) is 7.34. The van der Waals surface area contributed by atoms with E-state index < -0.39 is 12.0 Å². The minimum absolute atomic E-state index is 0.189. The molecule has 5 rings (SSSR count). The summed E-state index contributed by atoms with van der Waals surface area (Å²) in [5.74, 6) is 0.716. The summed E-state index contributed by atoms with van der Waals surface area (Å²) in [6, 6.07) is 15.4. The molecule has 228 valence electrons. The Hall–Kier alpha value is -2.83. The number of hydrogen-bond donors (Lipinski definition) is 0. The zero-order valence-electron chi connectivity index (χ0n) is 23.8. The van der Waals surface area contributed by atoms with Crippen LogP contribution in [0.4, 0.5) is 0 Å². The first kappa shape index (κ1) is 32.6. The first-order chi connectivity index (χ1) is 21.1. The Balaban J connectivity index is 1.62. The normalized spacial score (nSPS) is 14.7. The number of allylic oxidation sites excluding steroid dienone is 1. The lowest BCUT2D eigenvalue weighted by Gasteiger charge is -2.24. The third-order valence-corrected chi connectivity index (χ3v) is 9.46. The van der Waals surface area contributed by atoms with Gasteiger partial charge in [-0.15, -0.1) is 0 Å². The molecule has 1 aliphatic heterocycles. The first-order valence-corrected chi connectivity index (χ1v) is 16.6. The van der Waals surface area contributed by atoms with Gasteiger partial charge in [0.25, 0.3) is 5.56 Å². The SMILES string of the molecule is CCOC(=O)C1=C(C)N=c2s/c(=C\c3cc(Cl)cc(I)c3OCc3ccc(Cl)c(Cl)c3)c(=O)n2[C@H]1c1ccc(OCC)cc1. The number of thiazole rings is 1. The van der Waals surface area contributed by atoms with Crippen LogP contribution in [-0.2, 0) is 16.1 Å². The van der Waals surface area contributed by atoms with Crippen LogP contribution in [0.5, 0.6) is 11.5 Å². The highest BCUT2D eigenvalue weighted by atomic mass is 127. The second-order valence-corrected chi connectivity index (χ2v) is 13.1. The number of benzene rings is 3. The molecular weight excluding hydrogens is 758 g/mol. The van der Waals surface area contributed by atoms with Gasteiger partial charge in [-0.05, 0) is 97.0 Å². The van der Waals surface area contributed by atoms with E-state index in [-0.39, 0.29) is 18.8 Å². The second kappa shape index (κ2) is 14.1. The molecule has 0 radical (unpaired) electrons. The van der Waals surface area contributed by atoms with E-state index in [0.717, 1.165) is 14.7 Å². The van der Waals surface area contributed by atoms with Gasteiger partial charge in [0.15, 0.2) is 4.80 Å². The lowest BCUT2D eigenvalue weighted by atomic mass is 9.96. The van der Waals surface area contributed by atoms with Gasteiger partial charge in [0.05, 0.1) is 48.7 Å². The molecule has 3 aromatic carbocycles. The Kier molecular flexibility index (Phi) is 10.4. The zero-order valence-corrected chi connectivity index (χ0v) is 29.1. The van der Waals surface area contributed by atoms with Crippen LogP contribution >= 0.6 is 68.7 Å². The first-order valence-electron chi connectivity index (χ1n) is 13.6. The number of ether oxygens (including phenoxy) is 3. The summed E-state index contributed by atoms with van der Waals surface area (Å²) in [6.45, 7) is 6.32. The van der Waals surface area contributed by atoms with Gasteiger partial charge in [0.1, 0.15) is 18.1 Å². The van der Waals surface area contributed by atoms with E-state index in [1.807, 2.05) is 37.3 Å². The highest BCUT2D eigenvalue weighted by Crippen LogP contribution is 2.33. The van der Waals surface area contributed by atoms with Crippen molar-refractivity contribution in [1.82, 2.24) is 4.57 Å². The summed E-state index contributed by atoms with van der Waals surface area (Å²) in [6.07, 6.45) is 1.74. The number of esters is 1. The van der Waals surface area contributed by atoms with Crippen molar-refractivity contribution in [3.05, 3.63) is 121 Å². The lowest BCUT2D eigenvalue weighted by molar-refractivity contribution is -0.139. The van der Waals surface area contributed by atoms with Crippen LogP contribution in [-0.4, -0.2) is 23.8 Å². The average Bonchev–Trinajstić information content (AvgIpc) is 3.28. The molecule has 0 bridgehead atoms. The van der Waals surface area contributed by atoms with E-state index in [2.05, 4.69) is 27.6 Å². The molecule has 0 saturated carbocycles. The molecule has 7 nitrogen and oxygen atoms in total. The summed E-state index contributed by atoms with van der Waals surface area (Å²) >= 11 is 22.1. The number of nitrogens with zero attached hydrogens (tertiary/aromatic N) is 2. The molecule has 0 N–H and O–H groups in total. The van der Waals surface area contributed by atoms with Gasteiger partial charge in [-0.25, -0.2) is 9.79 Å². The highest BCUT2D eigenvalue weighted by molar-refractivity contribution is 14.1. The number of aromatic nitrogens is 1. The third kappa shape index (κ3) is 6.87. The molecule has 44 heavy (non-hydrogen) atoms. The Bertz CT molecular complexity index is 1950. The van der Waals surface area contributed by atoms with Gasteiger partial charge in [-0.1, -0.05) is 64.3 Å². The maximum Gasteiger partial charge on any atom is 0.338 e. The van der Waals surface area contributed by atoms with Crippen molar-refractivity contribution in [2.45, 2.75) is 33.4 Å². The molecule has 0 unspecified atom stereocenters. The largest absolute Gasteiger partial charge is 0.494 e. The van der Waals surface area contributed by atoms with Crippen molar-refractivity contribution >= 4 is 80.8 Å². The van der Waals surface area contributed by atoms with Crippen molar-refractivity contribution in [3.8, 4) is 11.5 Å². The molecule has 0 fully saturated rings. The number of rotatable bonds is 9. The summed E-state index contributed by atoms with van der Waals surface area (Å²) < 4.78 is 19.9. The van der Waals surface area contributed by atoms with Crippen molar-refractivity contribution in [2.75, 3.05) is 13.2 Å². The molecule has 1 aromatic heterocycles. The van der Waals surface area contributed by atoms with Crippen molar-refractivity contribution in [1.29, 1.82) is 0 Å². The molecule has 0 saturated heterocycles. The van der Waals surface area contributed by atoms with Gasteiger partial charge < -0.3 is 14.2 Å². The Morgan fingerprint density at radius 3 is 2.45 bits per heavy atom. The van der Waals surface area contributed by atoms with Crippen molar-refractivity contribution < 1.29 is 19.0 Å². The van der Waals surface area contributed by atoms with Crippen LogP contribution in [0, 0.1) is 3.57 Å². The maximum absolute atomic E-state index is 14.1. The Morgan fingerprint density at radius 1 is 1.02 bits per heavy atom. The van der Waals surface area contributed by atoms with E-state index in [9.17, 15) is 9.59 Å². The fourth-order valence-electron chi connectivity index (χ4n) is 4.79. The van der Waals surface area contributed by atoms with E-state index in [1.165, 1.54) is 15.9 Å². The number of halogens is 4. The molecule has 0 spiro atoms. The van der Waals surface area contributed by atoms with Crippen LogP contribution < -0.4 is 24.4 Å². The number of hydrogen-bond acceptors (Lipinski definition) is 7. The van der Waals surface area contributed by atoms with Gasteiger partial charge >= 0.3 is 5.97 Å². The number of carbonyl (C=O) groups excluding carboxylic acids is 1. The van der Waals surface area contributed by atoms with Crippen LogP contribution in [0.3, 0.4) is 0 Å². The summed E-state index contributed by atoms with van der Waals surface area (Å²) in [5.41, 5.74) is 2.64. The van der Waals surface area contributed by atoms with Crippen molar-refractivity contribution in [3.63, 3.8) is 0 Å². The number of carbonyl (C=O) groups is 1. The fraction of sp³-hybridized carbons (Fsp3) is 0.219. The lowest BCUT2D eigenvalue weighted by Crippen LogP contribution is -2.39. The molecule has 2 heterocycles. The fourth-order valence-corrected chi connectivity index (χ4v) is 7.36. The van der Waals surface area contributed by atoms with Crippen LogP contribution in [0.25, 0.3) is 6.08 Å². The van der Waals surface area contributed by atoms with E-state index >= 15 is 0 Å². The van der Waals surface area contributed by atoms with Crippen LogP contribution in [0.15, 0.2) is 75.7 Å². The molecule has 12 heteroatoms.